The summed E-state index contributed by atoms with van der Waals surface area (Å²) in [6, 6.07) is 9.37. The molecule has 8 nitrogen and oxygen atoms in total. The van der Waals surface area contributed by atoms with Gasteiger partial charge in [-0.15, -0.1) is 0 Å². The molecule has 1 aliphatic rings. The van der Waals surface area contributed by atoms with Gasteiger partial charge in [-0.25, -0.2) is 9.79 Å². The lowest BCUT2D eigenvalue weighted by atomic mass is 9.95. The van der Waals surface area contributed by atoms with Crippen molar-refractivity contribution in [2.75, 3.05) is 20.8 Å². The molecule has 182 valence electrons. The number of para-hydroxylation sites is 1. The van der Waals surface area contributed by atoms with E-state index < -0.39 is 12.0 Å². The molecule has 0 saturated carbocycles. The van der Waals surface area contributed by atoms with E-state index in [1.165, 1.54) is 30.1 Å². The molecule has 35 heavy (non-hydrogen) atoms. The van der Waals surface area contributed by atoms with E-state index in [1.54, 1.807) is 56.3 Å². The van der Waals surface area contributed by atoms with Gasteiger partial charge in [-0.3, -0.25) is 9.36 Å². The highest BCUT2D eigenvalue weighted by Gasteiger charge is 2.35. The number of aromatic nitrogens is 1. The number of halogens is 1. The van der Waals surface area contributed by atoms with Gasteiger partial charge in [-0.05, 0) is 43.7 Å². The van der Waals surface area contributed by atoms with E-state index in [9.17, 15) is 14.7 Å². The molecule has 0 bridgehead atoms. The first-order valence-electron chi connectivity index (χ1n) is 10.7. The second kappa shape index (κ2) is 10.1. The molecule has 2 heterocycles. The number of methoxy groups -OCH3 is 2. The van der Waals surface area contributed by atoms with Crippen molar-refractivity contribution in [3.8, 4) is 17.2 Å². The Hall–Kier alpha value is -3.37. The fraction of sp³-hybridized carbons (Fsp3) is 0.240. The number of phenolic OH excluding ortho intramolecular Hbond substituents is 1. The van der Waals surface area contributed by atoms with E-state index in [0.717, 1.165) is 0 Å². The van der Waals surface area contributed by atoms with Crippen LogP contribution in [0.3, 0.4) is 0 Å². The van der Waals surface area contributed by atoms with Crippen LogP contribution >= 0.6 is 27.3 Å². The van der Waals surface area contributed by atoms with E-state index in [1.807, 2.05) is 0 Å². The van der Waals surface area contributed by atoms with Crippen molar-refractivity contribution in [3.05, 3.63) is 83.0 Å². The molecule has 0 radical (unpaired) electrons. The molecule has 0 unspecified atom stereocenters. The number of hydrogen-bond acceptors (Lipinski definition) is 8. The van der Waals surface area contributed by atoms with Crippen LogP contribution in [0.2, 0.25) is 0 Å². The largest absolute Gasteiger partial charge is 0.507 e. The lowest BCUT2D eigenvalue weighted by Crippen LogP contribution is -2.40. The van der Waals surface area contributed by atoms with Crippen LogP contribution < -0.4 is 24.4 Å². The zero-order valence-corrected chi connectivity index (χ0v) is 21.9. The number of nitrogens with zero attached hydrogens (tertiary/aromatic N) is 2. The fourth-order valence-electron chi connectivity index (χ4n) is 3.92. The number of benzene rings is 2. The van der Waals surface area contributed by atoms with Gasteiger partial charge in [0.15, 0.2) is 16.3 Å². The molecule has 0 fully saturated rings. The number of phenols is 1. The van der Waals surface area contributed by atoms with Gasteiger partial charge < -0.3 is 19.3 Å². The molecule has 2 aromatic carbocycles. The van der Waals surface area contributed by atoms with Gasteiger partial charge in [-0.1, -0.05) is 45.5 Å². The summed E-state index contributed by atoms with van der Waals surface area (Å²) < 4.78 is 18.7. The summed E-state index contributed by atoms with van der Waals surface area (Å²) in [4.78, 5) is 31.8. The zero-order chi connectivity index (χ0) is 25.3. The van der Waals surface area contributed by atoms with E-state index in [0.29, 0.717) is 42.1 Å². The average Bonchev–Trinajstić information content (AvgIpc) is 3.14. The summed E-state index contributed by atoms with van der Waals surface area (Å²) in [5.41, 5.74) is 1.46. The van der Waals surface area contributed by atoms with Crippen LogP contribution in [0.4, 0.5) is 0 Å². The average molecular weight is 559 g/mol. The maximum atomic E-state index is 13.7. The van der Waals surface area contributed by atoms with Crippen LogP contribution in [-0.2, 0) is 9.53 Å². The van der Waals surface area contributed by atoms with E-state index in [4.69, 9.17) is 14.2 Å². The van der Waals surface area contributed by atoms with Crippen LogP contribution in [0, 0.1) is 0 Å². The predicted octanol–water partition coefficient (Wildman–Crippen LogP) is 3.28. The Kier molecular flexibility index (Phi) is 7.13. The number of carbonyl (C=O) groups is 1. The Morgan fingerprint density at radius 1 is 1.23 bits per heavy atom. The first kappa shape index (κ1) is 24.7. The molecule has 1 aromatic heterocycles. The second-order valence-electron chi connectivity index (χ2n) is 7.59. The highest BCUT2D eigenvalue weighted by molar-refractivity contribution is 9.10. The molecule has 1 aliphatic heterocycles. The Balaban J connectivity index is 2.03. The molecule has 0 spiro atoms. The molecule has 1 atom stereocenters. The first-order valence-corrected chi connectivity index (χ1v) is 12.3. The van der Waals surface area contributed by atoms with E-state index in [-0.39, 0.29) is 23.5 Å². The third-order valence-corrected chi connectivity index (χ3v) is 7.21. The topological polar surface area (TPSA) is 99.4 Å². The number of aromatic hydroxyl groups is 1. The number of ether oxygens (including phenoxy) is 3. The maximum absolute atomic E-state index is 13.7. The van der Waals surface area contributed by atoms with Gasteiger partial charge >= 0.3 is 5.97 Å². The number of esters is 1. The third-order valence-electron chi connectivity index (χ3n) is 5.54. The van der Waals surface area contributed by atoms with Crippen molar-refractivity contribution in [2.45, 2.75) is 19.9 Å². The lowest BCUT2D eigenvalue weighted by molar-refractivity contribution is -0.139. The van der Waals surface area contributed by atoms with Gasteiger partial charge in [0, 0.05) is 10.0 Å². The Bertz CT molecular complexity index is 1520. The van der Waals surface area contributed by atoms with Crippen LogP contribution in [-0.4, -0.2) is 36.5 Å². The lowest BCUT2D eigenvalue weighted by Gasteiger charge is -2.26. The predicted molar refractivity (Wildman–Crippen MR) is 136 cm³/mol. The number of thiazole rings is 1. The zero-order valence-electron chi connectivity index (χ0n) is 19.5. The second-order valence-corrected chi connectivity index (χ2v) is 9.45. The summed E-state index contributed by atoms with van der Waals surface area (Å²) in [6.45, 7) is 3.61. The number of allylic oxidation sites excluding steroid dienone is 1. The SMILES string of the molecule is CCOC(=O)C1=C(C)N=c2sc(=Cc3ccccc3O)c(=O)n2[C@H]1c1cc(OC)c(OC)cc1Br. The van der Waals surface area contributed by atoms with Gasteiger partial charge in [0.1, 0.15) is 5.75 Å². The van der Waals surface area contributed by atoms with Crippen molar-refractivity contribution in [1.82, 2.24) is 4.57 Å². The summed E-state index contributed by atoms with van der Waals surface area (Å²) in [5, 5.41) is 10.2. The van der Waals surface area contributed by atoms with E-state index in [2.05, 4.69) is 20.9 Å². The monoisotopic (exact) mass is 558 g/mol. The molecular formula is C25H23BrN2O6S. The van der Waals surface area contributed by atoms with E-state index >= 15 is 0 Å². The molecule has 10 heteroatoms. The van der Waals surface area contributed by atoms with Crippen LogP contribution in [0.25, 0.3) is 6.08 Å². The molecule has 1 N–H and O–H groups in total. The van der Waals surface area contributed by atoms with Gasteiger partial charge in [0.25, 0.3) is 5.56 Å². The highest BCUT2D eigenvalue weighted by Crippen LogP contribution is 2.40. The summed E-state index contributed by atoms with van der Waals surface area (Å²) in [6.07, 6.45) is 1.61. The molecule has 3 aromatic rings. The molecular weight excluding hydrogens is 536 g/mol. The van der Waals surface area contributed by atoms with Crippen molar-refractivity contribution >= 4 is 39.3 Å². The first-order chi connectivity index (χ1) is 16.8. The number of rotatable bonds is 6. The molecule has 0 aliphatic carbocycles. The van der Waals surface area contributed by atoms with Crippen LogP contribution in [0.15, 0.2) is 61.9 Å². The quantitative estimate of drug-likeness (QED) is 0.466. The van der Waals surface area contributed by atoms with Crippen molar-refractivity contribution in [1.29, 1.82) is 0 Å². The van der Waals surface area contributed by atoms with Gasteiger partial charge in [-0.2, -0.15) is 0 Å². The highest BCUT2D eigenvalue weighted by atomic mass is 79.9. The van der Waals surface area contributed by atoms with Gasteiger partial charge in [0.05, 0.1) is 42.7 Å². The number of hydrogen-bond donors (Lipinski definition) is 1. The summed E-state index contributed by atoms with van der Waals surface area (Å²) >= 11 is 4.75. The van der Waals surface area contributed by atoms with Gasteiger partial charge in [0.2, 0.25) is 0 Å². The minimum Gasteiger partial charge on any atom is -0.507 e. The number of fused-ring (bicyclic) bond motifs is 1. The summed E-state index contributed by atoms with van der Waals surface area (Å²) in [7, 11) is 3.04. The molecule has 4 rings (SSSR count). The third kappa shape index (κ3) is 4.51. The fourth-order valence-corrected chi connectivity index (χ4v) is 5.49. The smallest absolute Gasteiger partial charge is 0.338 e. The van der Waals surface area contributed by atoms with Crippen LogP contribution in [0.1, 0.15) is 31.0 Å². The standard InChI is InChI=1S/C25H23BrN2O6S/c1-5-34-24(31)21-13(2)27-25-28(22(21)15-11-18(32-3)19(33-4)12-16(15)26)23(30)20(35-25)10-14-8-6-7-9-17(14)29/h6-12,22,29H,5H2,1-4H3/t22-/m0/s1. The van der Waals surface area contributed by atoms with Crippen molar-refractivity contribution in [3.63, 3.8) is 0 Å². The normalized spacial score (nSPS) is 15.5. The Labute approximate surface area is 213 Å². The minimum absolute atomic E-state index is 0.0564. The Morgan fingerprint density at radius 3 is 2.57 bits per heavy atom. The van der Waals surface area contributed by atoms with Crippen molar-refractivity contribution < 1.29 is 24.1 Å². The molecule has 0 saturated heterocycles. The van der Waals surface area contributed by atoms with Crippen molar-refractivity contribution in [2.24, 2.45) is 4.99 Å². The molecule has 0 amide bonds. The summed E-state index contributed by atoms with van der Waals surface area (Å²) in [5.74, 6) is 0.435. The Morgan fingerprint density at radius 2 is 1.91 bits per heavy atom. The maximum Gasteiger partial charge on any atom is 0.338 e. The van der Waals surface area contributed by atoms with Crippen LogP contribution in [0.5, 0.6) is 17.2 Å². The minimum atomic E-state index is -0.828. The number of carbonyl (C=O) groups excluding carboxylic acids is 1.